The number of nitrogens with two attached hydrogens (primary N) is 1. The molecule has 3 atom stereocenters. The zero-order valence-electron chi connectivity index (χ0n) is 9.18. The first-order chi connectivity index (χ1) is 8.29. The van der Waals surface area contributed by atoms with E-state index in [-0.39, 0.29) is 25.1 Å². The molecule has 0 bridgehead atoms. The molecule has 3 rings (SSSR count). The molecular formula is C9H14N6O2. The lowest BCUT2D eigenvalue weighted by molar-refractivity contribution is -0.0546. The number of nitrogens with zero attached hydrogens (tertiary/aromatic N) is 5. The molecule has 3 aliphatic heterocycles. The van der Waals surface area contributed by atoms with E-state index in [0.717, 1.165) is 18.5 Å². The topological polar surface area (TPSA) is 99.0 Å². The highest BCUT2D eigenvalue weighted by Crippen LogP contribution is 2.32. The van der Waals surface area contributed by atoms with Crippen molar-refractivity contribution >= 4 is 6.34 Å². The van der Waals surface area contributed by atoms with Crippen LogP contribution < -0.4 is 5.84 Å². The Morgan fingerprint density at radius 1 is 1.53 bits per heavy atom. The second-order valence-corrected chi connectivity index (χ2v) is 4.16. The van der Waals surface area contributed by atoms with Gasteiger partial charge in [0.05, 0.1) is 18.9 Å². The van der Waals surface area contributed by atoms with Gasteiger partial charge in [-0.3, -0.25) is 5.01 Å². The molecule has 8 heteroatoms. The number of hydrogen-bond acceptors (Lipinski definition) is 8. The first-order valence-electron chi connectivity index (χ1n) is 5.52. The maximum Gasteiger partial charge on any atom is 0.202 e. The summed E-state index contributed by atoms with van der Waals surface area (Å²) in [5.74, 6) is 5.72. The lowest BCUT2D eigenvalue weighted by Gasteiger charge is -2.27. The number of aliphatic hydroxyl groups is 1. The van der Waals surface area contributed by atoms with Crippen molar-refractivity contribution in [1.29, 1.82) is 0 Å². The van der Waals surface area contributed by atoms with Crippen molar-refractivity contribution in [2.75, 3.05) is 6.61 Å². The molecular weight excluding hydrogens is 224 g/mol. The zero-order valence-corrected chi connectivity index (χ0v) is 9.18. The molecule has 1 unspecified atom stereocenters. The summed E-state index contributed by atoms with van der Waals surface area (Å²) >= 11 is 0. The molecule has 17 heavy (non-hydrogen) atoms. The number of hydrogen-bond donors (Lipinski definition) is 2. The normalized spacial score (nSPS) is 35.4. The van der Waals surface area contributed by atoms with Crippen molar-refractivity contribution in [1.82, 2.24) is 10.0 Å². The van der Waals surface area contributed by atoms with Gasteiger partial charge in [-0.1, -0.05) is 5.22 Å². The summed E-state index contributed by atoms with van der Waals surface area (Å²) in [7, 11) is 0. The van der Waals surface area contributed by atoms with Crippen LogP contribution in [0, 0.1) is 0 Å². The van der Waals surface area contributed by atoms with E-state index in [1.807, 2.05) is 0 Å². The number of aliphatic imine (C=N–C) groups is 1. The van der Waals surface area contributed by atoms with Gasteiger partial charge in [-0.15, -0.1) is 5.11 Å². The Balaban J connectivity index is 1.76. The minimum Gasteiger partial charge on any atom is -0.394 e. The quantitative estimate of drug-likeness (QED) is 0.635. The van der Waals surface area contributed by atoms with Crippen LogP contribution in [0.15, 0.2) is 27.2 Å². The SMILES string of the molecule is NN1C=NC=C2C1N=NN2[C@@H]1CC[C@@H](CO)O1. The Labute approximate surface area is 98.0 Å². The Hall–Kier alpha value is -1.51. The largest absolute Gasteiger partial charge is 0.394 e. The summed E-state index contributed by atoms with van der Waals surface area (Å²) in [4.78, 5) is 4.01. The van der Waals surface area contributed by atoms with E-state index in [1.54, 1.807) is 11.2 Å². The first kappa shape index (κ1) is 10.6. The molecule has 0 amide bonds. The van der Waals surface area contributed by atoms with Crippen molar-refractivity contribution in [3.63, 3.8) is 0 Å². The standard InChI is InChI=1S/C9H14N6O2/c10-14-5-11-3-7-9(14)12-13-15(7)8-2-1-6(4-16)17-8/h3,5-6,8-9,16H,1-2,4,10H2/t6-,8-,9?/m0/s1. The van der Waals surface area contributed by atoms with Gasteiger partial charge in [0.1, 0.15) is 12.0 Å². The maximum absolute atomic E-state index is 9.04. The van der Waals surface area contributed by atoms with Crippen LogP contribution in [0.4, 0.5) is 0 Å². The molecule has 0 spiro atoms. The average Bonchev–Trinajstić information content (AvgIpc) is 2.94. The third kappa shape index (κ3) is 1.70. The fourth-order valence-corrected chi connectivity index (χ4v) is 2.15. The Morgan fingerprint density at radius 2 is 2.41 bits per heavy atom. The van der Waals surface area contributed by atoms with Crippen LogP contribution in [0.25, 0.3) is 0 Å². The van der Waals surface area contributed by atoms with E-state index in [2.05, 4.69) is 15.3 Å². The lowest BCUT2D eigenvalue weighted by Crippen LogP contribution is -2.43. The van der Waals surface area contributed by atoms with Gasteiger partial charge in [-0.25, -0.2) is 15.8 Å². The van der Waals surface area contributed by atoms with Gasteiger partial charge in [0, 0.05) is 0 Å². The summed E-state index contributed by atoms with van der Waals surface area (Å²) in [5.41, 5.74) is 0.804. The number of hydrazine groups is 1. The summed E-state index contributed by atoms with van der Waals surface area (Å²) in [5, 5.41) is 20.3. The smallest absolute Gasteiger partial charge is 0.202 e. The third-order valence-electron chi connectivity index (χ3n) is 3.04. The Morgan fingerprint density at radius 3 is 3.18 bits per heavy atom. The number of ether oxygens (including phenoxy) is 1. The zero-order chi connectivity index (χ0) is 11.8. The fourth-order valence-electron chi connectivity index (χ4n) is 2.15. The lowest BCUT2D eigenvalue weighted by atomic mass is 10.2. The van der Waals surface area contributed by atoms with Crippen LogP contribution >= 0.6 is 0 Å². The van der Waals surface area contributed by atoms with Crippen LogP contribution in [-0.2, 0) is 4.74 Å². The van der Waals surface area contributed by atoms with Crippen molar-refractivity contribution < 1.29 is 9.84 Å². The van der Waals surface area contributed by atoms with Crippen molar-refractivity contribution in [3.05, 3.63) is 11.9 Å². The van der Waals surface area contributed by atoms with E-state index in [4.69, 9.17) is 15.7 Å². The minimum absolute atomic E-state index is 0.0329. The molecule has 3 N–H and O–H groups in total. The molecule has 92 valence electrons. The highest BCUT2D eigenvalue weighted by molar-refractivity contribution is 5.58. The van der Waals surface area contributed by atoms with Crippen LogP contribution in [-0.4, -0.2) is 46.6 Å². The van der Waals surface area contributed by atoms with Gasteiger partial charge in [-0.05, 0) is 12.8 Å². The second-order valence-electron chi connectivity index (χ2n) is 4.16. The molecule has 0 aromatic rings. The van der Waals surface area contributed by atoms with Gasteiger partial charge in [0.2, 0.25) is 6.17 Å². The van der Waals surface area contributed by atoms with Gasteiger partial charge in [-0.2, -0.15) is 0 Å². The van der Waals surface area contributed by atoms with E-state index in [9.17, 15) is 0 Å². The molecule has 3 aliphatic rings. The van der Waals surface area contributed by atoms with Crippen molar-refractivity contribution in [2.45, 2.75) is 31.3 Å². The van der Waals surface area contributed by atoms with Crippen LogP contribution in [0.1, 0.15) is 12.8 Å². The van der Waals surface area contributed by atoms with Gasteiger partial charge >= 0.3 is 0 Å². The molecule has 0 radical (unpaired) electrons. The Bertz CT molecular complexity index is 395. The fraction of sp³-hybridized carbons (Fsp3) is 0.667. The van der Waals surface area contributed by atoms with Crippen LogP contribution in [0.2, 0.25) is 0 Å². The molecule has 0 aliphatic carbocycles. The number of aliphatic hydroxyl groups excluding tert-OH is 1. The summed E-state index contributed by atoms with van der Waals surface area (Å²) in [6.07, 6.45) is 4.20. The molecule has 1 saturated heterocycles. The van der Waals surface area contributed by atoms with Crippen molar-refractivity contribution in [3.8, 4) is 0 Å². The second kappa shape index (κ2) is 4.06. The van der Waals surface area contributed by atoms with Crippen LogP contribution in [0.3, 0.4) is 0 Å². The predicted molar refractivity (Wildman–Crippen MR) is 58.1 cm³/mol. The molecule has 0 saturated carbocycles. The highest BCUT2D eigenvalue weighted by Gasteiger charge is 2.39. The average molecular weight is 238 g/mol. The first-order valence-corrected chi connectivity index (χ1v) is 5.52. The van der Waals surface area contributed by atoms with Gasteiger partial charge in [0.25, 0.3) is 0 Å². The summed E-state index contributed by atoms with van der Waals surface area (Å²) in [6, 6.07) is 0. The number of fused-ring (bicyclic) bond motifs is 1. The minimum atomic E-state index is -0.315. The molecule has 1 fully saturated rings. The predicted octanol–water partition coefficient (Wildman–Crippen LogP) is -0.448. The molecule has 3 heterocycles. The van der Waals surface area contributed by atoms with Gasteiger partial charge < -0.3 is 9.84 Å². The molecule has 8 nitrogen and oxygen atoms in total. The molecule has 0 aromatic heterocycles. The summed E-state index contributed by atoms with van der Waals surface area (Å²) < 4.78 is 5.65. The van der Waals surface area contributed by atoms with E-state index in [0.29, 0.717) is 0 Å². The molecule has 0 aromatic carbocycles. The maximum atomic E-state index is 9.04. The van der Waals surface area contributed by atoms with Crippen molar-refractivity contribution in [2.24, 2.45) is 21.2 Å². The monoisotopic (exact) mass is 238 g/mol. The van der Waals surface area contributed by atoms with E-state index in [1.165, 1.54) is 11.3 Å². The van der Waals surface area contributed by atoms with E-state index < -0.39 is 0 Å². The van der Waals surface area contributed by atoms with E-state index >= 15 is 0 Å². The highest BCUT2D eigenvalue weighted by atomic mass is 16.5. The van der Waals surface area contributed by atoms with Gasteiger partial charge in [0.15, 0.2) is 6.23 Å². The third-order valence-corrected chi connectivity index (χ3v) is 3.04. The summed E-state index contributed by atoms with van der Waals surface area (Å²) in [6.45, 7) is 0.0329. The van der Waals surface area contributed by atoms with Crippen LogP contribution in [0.5, 0.6) is 0 Å². The Kier molecular flexibility index (Phi) is 2.54. The number of rotatable bonds is 2.